The van der Waals surface area contributed by atoms with Gasteiger partial charge in [-0.1, -0.05) is 72.6 Å². The molecule has 3 heterocycles. The van der Waals surface area contributed by atoms with Crippen LogP contribution >= 0.6 is 35.6 Å². The summed E-state index contributed by atoms with van der Waals surface area (Å²) in [5.41, 5.74) is 3.96. The van der Waals surface area contributed by atoms with Crippen molar-refractivity contribution >= 4 is 53.1 Å². The Morgan fingerprint density at radius 2 is 1.55 bits per heavy atom. The fourth-order valence-electron chi connectivity index (χ4n) is 8.13. The Balaban J connectivity index is 0.00000221. The van der Waals surface area contributed by atoms with Crippen LogP contribution in [0.15, 0.2) is 72.8 Å². The minimum atomic E-state index is -0.283. The second-order valence-electron chi connectivity index (χ2n) is 12.3. The van der Waals surface area contributed by atoms with Crippen molar-refractivity contribution in [1.82, 2.24) is 9.80 Å². The molecule has 0 saturated carbocycles. The predicted octanol–water partition coefficient (Wildman–Crippen LogP) is 6.94. The van der Waals surface area contributed by atoms with Crippen molar-refractivity contribution in [2.75, 3.05) is 37.6 Å². The van der Waals surface area contributed by atoms with Crippen LogP contribution in [-0.4, -0.2) is 65.9 Å². The van der Waals surface area contributed by atoms with Crippen LogP contribution in [0.4, 0.5) is 5.69 Å². The van der Waals surface area contributed by atoms with Crippen LogP contribution in [0.1, 0.15) is 67.4 Å². The highest BCUT2D eigenvalue weighted by molar-refractivity contribution is 6.42. The van der Waals surface area contributed by atoms with Crippen molar-refractivity contribution in [3.8, 4) is 0 Å². The zero-order valence-electron chi connectivity index (χ0n) is 25.4. The Morgan fingerprint density at radius 3 is 2.20 bits per heavy atom. The average molecular weight is 659 g/mol. The first-order valence-corrected chi connectivity index (χ1v) is 16.0. The SMILES string of the molecule is CCC(N1CCC2(CC1)CN(C(C)=O)c1ccccc12)C1(c2ccc(Cl)c(Cl)c2)CCCN(C(=O)c2ccccc2)C1.Cl.O. The van der Waals surface area contributed by atoms with E-state index >= 15 is 0 Å². The van der Waals surface area contributed by atoms with Gasteiger partial charge in [0.05, 0.1) is 10.0 Å². The maximum Gasteiger partial charge on any atom is 0.253 e. The number of anilines is 1. The van der Waals surface area contributed by atoms with Crippen molar-refractivity contribution in [1.29, 1.82) is 0 Å². The number of nitrogens with zero attached hydrogens (tertiary/aromatic N) is 3. The number of halogens is 3. The van der Waals surface area contributed by atoms with Gasteiger partial charge in [-0.25, -0.2) is 0 Å². The Hall–Kier alpha value is -2.61. The highest BCUT2D eigenvalue weighted by Crippen LogP contribution is 2.49. The fourth-order valence-corrected chi connectivity index (χ4v) is 8.43. The second-order valence-corrected chi connectivity index (χ2v) is 13.2. The first kappa shape index (κ1) is 34.3. The molecule has 2 unspecified atom stereocenters. The van der Waals surface area contributed by atoms with E-state index in [-0.39, 0.29) is 46.6 Å². The van der Waals surface area contributed by atoms with E-state index in [2.05, 4.69) is 36.1 Å². The molecule has 2 amide bonds. The summed E-state index contributed by atoms with van der Waals surface area (Å²) in [6.07, 6.45) is 4.85. The molecule has 0 aliphatic carbocycles. The van der Waals surface area contributed by atoms with E-state index in [1.165, 1.54) is 5.56 Å². The Kier molecular flexibility index (Phi) is 10.7. The van der Waals surface area contributed by atoms with Gasteiger partial charge in [-0.15, -0.1) is 12.4 Å². The highest BCUT2D eigenvalue weighted by Gasteiger charge is 2.50. The van der Waals surface area contributed by atoms with Gasteiger partial charge in [0.15, 0.2) is 0 Å². The molecular formula is C35H42Cl3N3O3. The van der Waals surface area contributed by atoms with E-state index in [0.717, 1.165) is 75.1 Å². The molecule has 2 fully saturated rings. The molecule has 0 bridgehead atoms. The number of para-hydroxylation sites is 1. The Labute approximate surface area is 277 Å². The van der Waals surface area contributed by atoms with Gasteiger partial charge < -0.3 is 15.3 Å². The smallest absolute Gasteiger partial charge is 0.253 e. The standard InChI is InChI=1S/C35H39Cl2N3O2.ClH.H2O/c1-3-32(38-20-17-34(18-21-38)23-40(25(2)41)31-13-8-7-12-28(31)34)35(27-14-15-29(36)30(37)22-27)16-9-19-39(24-35)33(42)26-10-5-4-6-11-26;;/h4-8,10-15,22,32H,3,9,16-21,23-24H2,1-2H3;1H;1H2. The van der Waals surface area contributed by atoms with Crippen LogP contribution in [0.2, 0.25) is 10.0 Å². The molecule has 3 aliphatic rings. The third kappa shape index (κ3) is 6.00. The molecule has 2 N–H and O–H groups in total. The maximum absolute atomic E-state index is 13.7. The number of hydrogen-bond donors (Lipinski definition) is 0. The number of likely N-dealkylation sites (tertiary alicyclic amines) is 2. The van der Waals surface area contributed by atoms with Crippen molar-refractivity contribution in [2.45, 2.75) is 62.8 Å². The topological polar surface area (TPSA) is 75.4 Å². The largest absolute Gasteiger partial charge is 0.412 e. The summed E-state index contributed by atoms with van der Waals surface area (Å²) in [6, 6.07) is 24.3. The second kappa shape index (κ2) is 13.8. The third-order valence-corrected chi connectivity index (χ3v) is 10.9. The van der Waals surface area contributed by atoms with Crippen LogP contribution in [0.5, 0.6) is 0 Å². The van der Waals surface area contributed by atoms with Gasteiger partial charge in [0.1, 0.15) is 0 Å². The molecule has 3 aliphatic heterocycles. The molecule has 0 radical (unpaired) electrons. The lowest BCUT2D eigenvalue weighted by atomic mass is 9.66. The molecule has 236 valence electrons. The highest BCUT2D eigenvalue weighted by atomic mass is 35.5. The van der Waals surface area contributed by atoms with Gasteiger partial charge in [-0.3, -0.25) is 14.5 Å². The lowest BCUT2D eigenvalue weighted by Gasteiger charge is -2.53. The van der Waals surface area contributed by atoms with E-state index in [9.17, 15) is 9.59 Å². The zero-order chi connectivity index (χ0) is 29.5. The molecule has 2 saturated heterocycles. The number of benzene rings is 3. The Bertz CT molecular complexity index is 1480. The van der Waals surface area contributed by atoms with Crippen molar-refractivity contribution in [3.05, 3.63) is 99.5 Å². The van der Waals surface area contributed by atoms with E-state index in [4.69, 9.17) is 23.2 Å². The molecule has 3 aromatic carbocycles. The Morgan fingerprint density at radius 1 is 0.864 bits per heavy atom. The van der Waals surface area contributed by atoms with Crippen molar-refractivity contribution < 1.29 is 15.1 Å². The van der Waals surface area contributed by atoms with Gasteiger partial charge in [-0.2, -0.15) is 0 Å². The van der Waals surface area contributed by atoms with E-state index in [1.54, 1.807) is 6.92 Å². The van der Waals surface area contributed by atoms with E-state index in [0.29, 0.717) is 16.6 Å². The monoisotopic (exact) mass is 657 g/mol. The predicted molar refractivity (Wildman–Crippen MR) is 182 cm³/mol. The quantitative estimate of drug-likeness (QED) is 0.298. The van der Waals surface area contributed by atoms with Crippen LogP contribution in [0, 0.1) is 0 Å². The average Bonchev–Trinajstić information content (AvgIpc) is 3.34. The molecular weight excluding hydrogens is 617 g/mol. The van der Waals surface area contributed by atoms with E-state index in [1.807, 2.05) is 58.3 Å². The fraction of sp³-hybridized carbons (Fsp3) is 0.429. The minimum absolute atomic E-state index is 0. The first-order chi connectivity index (χ1) is 20.3. The number of hydrogen-bond acceptors (Lipinski definition) is 3. The molecule has 2 atom stereocenters. The normalized spacial score (nSPS) is 21.6. The number of piperidine rings is 2. The van der Waals surface area contributed by atoms with Crippen LogP contribution in [-0.2, 0) is 15.6 Å². The van der Waals surface area contributed by atoms with E-state index < -0.39 is 0 Å². The van der Waals surface area contributed by atoms with Gasteiger partial charge in [0.25, 0.3) is 5.91 Å². The van der Waals surface area contributed by atoms with Gasteiger partial charge in [-0.05, 0) is 86.7 Å². The number of amides is 2. The lowest BCUT2D eigenvalue weighted by Crippen LogP contribution is -2.61. The third-order valence-electron chi connectivity index (χ3n) is 10.2. The maximum atomic E-state index is 13.7. The first-order valence-electron chi connectivity index (χ1n) is 15.2. The minimum Gasteiger partial charge on any atom is -0.412 e. The number of fused-ring (bicyclic) bond motifs is 2. The van der Waals surface area contributed by atoms with Gasteiger partial charge in [0, 0.05) is 54.7 Å². The summed E-state index contributed by atoms with van der Waals surface area (Å²) in [5, 5.41) is 1.10. The summed E-state index contributed by atoms with van der Waals surface area (Å²) in [5.74, 6) is 0.191. The molecule has 6 rings (SSSR count). The number of carbonyl (C=O) groups is 2. The summed E-state index contributed by atoms with van der Waals surface area (Å²) in [6.45, 7) is 7.96. The summed E-state index contributed by atoms with van der Waals surface area (Å²) in [7, 11) is 0. The summed E-state index contributed by atoms with van der Waals surface area (Å²) < 4.78 is 0. The molecule has 9 heteroatoms. The number of carbonyl (C=O) groups excluding carboxylic acids is 2. The molecule has 1 spiro atoms. The molecule has 6 nitrogen and oxygen atoms in total. The lowest BCUT2D eigenvalue weighted by molar-refractivity contribution is -0.116. The summed E-state index contributed by atoms with van der Waals surface area (Å²) in [4.78, 5) is 33.0. The molecule has 3 aromatic rings. The van der Waals surface area contributed by atoms with Crippen molar-refractivity contribution in [3.63, 3.8) is 0 Å². The zero-order valence-corrected chi connectivity index (χ0v) is 27.7. The van der Waals surface area contributed by atoms with Crippen LogP contribution < -0.4 is 4.90 Å². The van der Waals surface area contributed by atoms with Crippen LogP contribution in [0.3, 0.4) is 0 Å². The summed E-state index contributed by atoms with van der Waals surface area (Å²) >= 11 is 13.0. The van der Waals surface area contributed by atoms with Crippen molar-refractivity contribution in [2.24, 2.45) is 0 Å². The van der Waals surface area contributed by atoms with Gasteiger partial charge >= 0.3 is 0 Å². The molecule has 44 heavy (non-hydrogen) atoms. The number of rotatable bonds is 5. The van der Waals surface area contributed by atoms with Gasteiger partial charge in [0.2, 0.25) is 5.91 Å². The van der Waals surface area contributed by atoms with Crippen LogP contribution in [0.25, 0.3) is 0 Å². The molecule has 0 aromatic heterocycles.